The number of halogens is 4. The number of rotatable bonds is 7. The van der Waals surface area contributed by atoms with Crippen molar-refractivity contribution in [2.75, 3.05) is 25.0 Å². The largest absolute Gasteiger partial charge is 0.418 e. The lowest BCUT2D eigenvalue weighted by Gasteiger charge is -2.25. The van der Waals surface area contributed by atoms with Crippen molar-refractivity contribution in [1.29, 1.82) is 0 Å². The number of ether oxygens (including phenoxy) is 1. The van der Waals surface area contributed by atoms with Crippen molar-refractivity contribution < 1.29 is 22.7 Å². The number of carbonyl (C=O) groups excluding carboxylic acids is 1. The topological polar surface area (TPSA) is 41.6 Å². The second kappa shape index (κ2) is 9.61. The molecule has 1 atom stereocenters. The first-order chi connectivity index (χ1) is 13.8. The van der Waals surface area contributed by atoms with Crippen LogP contribution in [0.4, 0.5) is 18.9 Å². The molecule has 0 spiro atoms. The Hall–Kier alpha value is -2.09. The lowest BCUT2D eigenvalue weighted by molar-refractivity contribution is -0.137. The van der Waals surface area contributed by atoms with Crippen molar-refractivity contribution in [3.05, 3.63) is 64.7 Å². The van der Waals surface area contributed by atoms with E-state index >= 15 is 0 Å². The SMILES string of the molecule is O=C(CN(Cc1ccccc1)CC1CCCO1)Nc1ccc(Cl)cc1C(F)(F)F. The predicted octanol–water partition coefficient (Wildman–Crippen LogP) is 4.98. The van der Waals surface area contributed by atoms with E-state index in [1.165, 1.54) is 12.1 Å². The molecule has 2 aromatic carbocycles. The Labute approximate surface area is 172 Å². The van der Waals surface area contributed by atoms with Crippen molar-refractivity contribution in [2.24, 2.45) is 0 Å². The average Bonchev–Trinajstić information content (AvgIpc) is 3.16. The van der Waals surface area contributed by atoms with Crippen molar-refractivity contribution >= 4 is 23.2 Å². The minimum atomic E-state index is -4.62. The zero-order valence-corrected chi connectivity index (χ0v) is 16.5. The predicted molar refractivity (Wildman–Crippen MR) is 106 cm³/mol. The van der Waals surface area contributed by atoms with Crippen molar-refractivity contribution in [3.63, 3.8) is 0 Å². The minimum absolute atomic E-state index is 0.0211. The van der Waals surface area contributed by atoms with Gasteiger partial charge in [0.1, 0.15) is 0 Å². The highest BCUT2D eigenvalue weighted by atomic mass is 35.5. The van der Waals surface area contributed by atoms with E-state index < -0.39 is 17.6 Å². The summed E-state index contributed by atoms with van der Waals surface area (Å²) in [5.74, 6) is -0.522. The smallest absolute Gasteiger partial charge is 0.377 e. The molecule has 4 nitrogen and oxygen atoms in total. The van der Waals surface area contributed by atoms with Gasteiger partial charge in [0, 0.05) is 24.7 Å². The molecule has 0 bridgehead atoms. The molecule has 0 aliphatic carbocycles. The molecule has 1 unspecified atom stereocenters. The van der Waals surface area contributed by atoms with Gasteiger partial charge in [-0.2, -0.15) is 13.2 Å². The molecule has 1 amide bonds. The molecule has 156 valence electrons. The van der Waals surface area contributed by atoms with Crippen molar-refractivity contribution in [3.8, 4) is 0 Å². The first kappa shape index (κ1) is 21.6. The van der Waals surface area contributed by atoms with Crippen LogP contribution in [0.5, 0.6) is 0 Å². The van der Waals surface area contributed by atoms with E-state index in [-0.39, 0.29) is 23.4 Å². The van der Waals surface area contributed by atoms with E-state index in [1.807, 2.05) is 35.2 Å². The third-order valence-electron chi connectivity index (χ3n) is 4.66. The van der Waals surface area contributed by atoms with Crippen molar-refractivity contribution in [1.82, 2.24) is 4.90 Å². The van der Waals surface area contributed by atoms with Crippen LogP contribution in [0.15, 0.2) is 48.5 Å². The Bertz CT molecular complexity index is 824. The number of amides is 1. The minimum Gasteiger partial charge on any atom is -0.377 e. The summed E-state index contributed by atoms with van der Waals surface area (Å²) in [6, 6.07) is 12.9. The maximum Gasteiger partial charge on any atom is 0.418 e. The fourth-order valence-electron chi connectivity index (χ4n) is 3.36. The Balaban J connectivity index is 1.71. The van der Waals surface area contributed by atoms with E-state index in [2.05, 4.69) is 5.32 Å². The van der Waals surface area contributed by atoms with Crippen LogP contribution in [-0.2, 0) is 22.3 Å². The Morgan fingerprint density at radius 2 is 1.97 bits per heavy atom. The summed E-state index contributed by atoms with van der Waals surface area (Å²) >= 11 is 5.69. The molecule has 0 radical (unpaired) electrons. The Morgan fingerprint density at radius 3 is 2.62 bits per heavy atom. The second-order valence-electron chi connectivity index (χ2n) is 7.03. The molecule has 3 rings (SSSR count). The van der Waals surface area contributed by atoms with Gasteiger partial charge in [-0.25, -0.2) is 0 Å². The standard InChI is InChI=1S/C21H22ClF3N2O2/c22-16-8-9-19(18(11-16)21(23,24)25)26-20(28)14-27(13-17-7-4-10-29-17)12-15-5-2-1-3-6-15/h1-3,5-6,8-9,11,17H,4,7,10,12-14H2,(H,26,28). The molecule has 29 heavy (non-hydrogen) atoms. The lowest BCUT2D eigenvalue weighted by atomic mass is 10.1. The van der Waals surface area contributed by atoms with Gasteiger partial charge in [0.15, 0.2) is 0 Å². The Kier molecular flexibility index (Phi) is 7.16. The van der Waals surface area contributed by atoms with Gasteiger partial charge >= 0.3 is 6.18 Å². The van der Waals surface area contributed by atoms with Gasteiger partial charge in [-0.15, -0.1) is 0 Å². The summed E-state index contributed by atoms with van der Waals surface area (Å²) < 4.78 is 45.4. The fraction of sp³-hybridized carbons (Fsp3) is 0.381. The second-order valence-corrected chi connectivity index (χ2v) is 7.46. The van der Waals surface area contributed by atoms with Crippen LogP contribution in [-0.4, -0.2) is 36.6 Å². The summed E-state index contributed by atoms with van der Waals surface area (Å²) in [6.45, 7) is 1.68. The number of hydrogen-bond donors (Lipinski definition) is 1. The number of anilines is 1. The number of hydrogen-bond acceptors (Lipinski definition) is 3. The third-order valence-corrected chi connectivity index (χ3v) is 4.90. The molecule has 2 aromatic rings. The zero-order chi connectivity index (χ0) is 20.9. The highest BCUT2D eigenvalue weighted by molar-refractivity contribution is 6.30. The van der Waals surface area contributed by atoms with Gasteiger partial charge in [0.05, 0.1) is 23.9 Å². The normalized spacial score (nSPS) is 16.9. The summed E-state index contributed by atoms with van der Waals surface area (Å²) in [4.78, 5) is 14.4. The molecule has 1 fully saturated rings. The van der Waals surface area contributed by atoms with Crippen LogP contribution in [0.1, 0.15) is 24.0 Å². The van der Waals surface area contributed by atoms with Gasteiger partial charge in [-0.1, -0.05) is 41.9 Å². The van der Waals surface area contributed by atoms with E-state index in [4.69, 9.17) is 16.3 Å². The molecular formula is C21H22ClF3N2O2. The Morgan fingerprint density at radius 1 is 1.21 bits per heavy atom. The number of nitrogens with zero attached hydrogens (tertiary/aromatic N) is 1. The van der Waals surface area contributed by atoms with Gasteiger partial charge in [-0.3, -0.25) is 9.69 Å². The number of nitrogens with one attached hydrogen (secondary N) is 1. The highest BCUT2D eigenvalue weighted by Gasteiger charge is 2.34. The van der Waals surface area contributed by atoms with Crippen LogP contribution >= 0.6 is 11.6 Å². The number of benzene rings is 2. The quantitative estimate of drug-likeness (QED) is 0.679. The molecule has 1 heterocycles. The third kappa shape index (κ3) is 6.45. The zero-order valence-electron chi connectivity index (χ0n) is 15.7. The van der Waals surface area contributed by atoms with Crippen LogP contribution in [0.25, 0.3) is 0 Å². The van der Waals surface area contributed by atoms with Crippen LogP contribution < -0.4 is 5.32 Å². The number of alkyl halides is 3. The molecule has 8 heteroatoms. The highest BCUT2D eigenvalue weighted by Crippen LogP contribution is 2.36. The molecule has 0 aromatic heterocycles. The first-order valence-corrected chi connectivity index (χ1v) is 9.73. The summed E-state index contributed by atoms with van der Waals surface area (Å²) in [6.07, 6.45) is -2.72. The summed E-state index contributed by atoms with van der Waals surface area (Å²) in [5.41, 5.74) is -0.253. The fourth-order valence-corrected chi connectivity index (χ4v) is 3.53. The van der Waals surface area contributed by atoms with Gasteiger partial charge in [0.25, 0.3) is 0 Å². The molecule has 1 aliphatic rings. The maximum atomic E-state index is 13.3. The molecule has 1 aliphatic heterocycles. The first-order valence-electron chi connectivity index (χ1n) is 9.36. The molecular weight excluding hydrogens is 405 g/mol. The monoisotopic (exact) mass is 426 g/mol. The molecule has 1 N–H and O–H groups in total. The molecule has 0 saturated carbocycles. The average molecular weight is 427 g/mol. The molecule has 1 saturated heterocycles. The maximum absolute atomic E-state index is 13.3. The van der Waals surface area contributed by atoms with E-state index in [0.717, 1.165) is 24.5 Å². The van der Waals surface area contributed by atoms with Crippen molar-refractivity contribution in [2.45, 2.75) is 31.7 Å². The summed E-state index contributed by atoms with van der Waals surface area (Å²) in [5, 5.41) is 2.34. The van der Waals surface area contributed by atoms with Crippen LogP contribution in [0, 0.1) is 0 Å². The van der Waals surface area contributed by atoms with E-state index in [0.29, 0.717) is 19.7 Å². The van der Waals surface area contributed by atoms with Gasteiger partial charge < -0.3 is 10.1 Å². The summed E-state index contributed by atoms with van der Waals surface area (Å²) in [7, 11) is 0. The van der Waals surface area contributed by atoms with E-state index in [9.17, 15) is 18.0 Å². The lowest BCUT2D eigenvalue weighted by Crippen LogP contribution is -2.38. The van der Waals surface area contributed by atoms with Crippen LogP contribution in [0.3, 0.4) is 0 Å². The van der Waals surface area contributed by atoms with E-state index in [1.54, 1.807) is 0 Å². The van der Waals surface area contributed by atoms with Gasteiger partial charge in [-0.05, 0) is 36.6 Å². The van der Waals surface area contributed by atoms with Gasteiger partial charge in [0.2, 0.25) is 5.91 Å². The van der Waals surface area contributed by atoms with Crippen LogP contribution in [0.2, 0.25) is 5.02 Å². The number of carbonyl (C=O) groups is 1.